The first-order valence-corrected chi connectivity index (χ1v) is 14.3. The van der Waals surface area contributed by atoms with Gasteiger partial charge in [-0.3, -0.25) is 14.4 Å². The van der Waals surface area contributed by atoms with Gasteiger partial charge in [-0.25, -0.2) is 4.68 Å². The van der Waals surface area contributed by atoms with Crippen molar-refractivity contribution >= 4 is 34.4 Å². The van der Waals surface area contributed by atoms with E-state index in [1.165, 1.54) is 4.90 Å². The molecule has 5 atom stereocenters. The summed E-state index contributed by atoms with van der Waals surface area (Å²) in [5.41, 5.74) is -0.232. The summed E-state index contributed by atoms with van der Waals surface area (Å²) in [5, 5.41) is 18.1. The average molecular weight is 569 g/mol. The zero-order valence-corrected chi connectivity index (χ0v) is 23.2. The highest BCUT2D eigenvalue weighted by Crippen LogP contribution is 2.57. The monoisotopic (exact) mass is 568 g/mol. The minimum absolute atomic E-state index is 0.129. The molecule has 0 bridgehead atoms. The molecule has 11 nitrogen and oxygen atoms in total. The van der Waals surface area contributed by atoms with Gasteiger partial charge in [0.15, 0.2) is 0 Å². The fourth-order valence-electron chi connectivity index (χ4n) is 7.20. The summed E-state index contributed by atoms with van der Waals surface area (Å²) in [6.45, 7) is 2.60. The van der Waals surface area contributed by atoms with Crippen molar-refractivity contribution in [1.82, 2.24) is 24.8 Å². The lowest BCUT2D eigenvalue weighted by atomic mass is 9.74. The minimum atomic E-state index is -1.36. The van der Waals surface area contributed by atoms with E-state index in [-0.39, 0.29) is 44.1 Å². The number of likely N-dealkylation sites (tertiary alicyclic amines) is 1. The maximum absolute atomic E-state index is 14.5. The van der Waals surface area contributed by atoms with Crippen molar-refractivity contribution in [2.75, 3.05) is 31.1 Å². The number of fused-ring (bicyclic) bond motifs is 3. The Hall–Kier alpha value is -4.35. The van der Waals surface area contributed by atoms with Crippen molar-refractivity contribution in [3.63, 3.8) is 0 Å². The first kappa shape index (κ1) is 26.5. The number of ether oxygens (including phenoxy) is 1. The zero-order chi connectivity index (χ0) is 29.1. The first-order valence-electron chi connectivity index (χ1n) is 14.3. The molecule has 4 aliphatic rings. The molecule has 1 N–H and O–H groups in total. The van der Waals surface area contributed by atoms with Gasteiger partial charge in [0.05, 0.1) is 23.0 Å². The quantitative estimate of drug-likeness (QED) is 0.450. The van der Waals surface area contributed by atoms with Crippen molar-refractivity contribution in [2.45, 2.75) is 37.3 Å². The third kappa shape index (κ3) is 3.83. The molecule has 1 unspecified atom stereocenters. The number of para-hydroxylation sites is 2. The molecule has 11 heteroatoms. The van der Waals surface area contributed by atoms with Crippen LogP contribution in [0.3, 0.4) is 0 Å². The van der Waals surface area contributed by atoms with Gasteiger partial charge in [0.25, 0.3) is 5.91 Å². The Morgan fingerprint density at radius 2 is 1.69 bits per heavy atom. The molecular formula is C31H32N6O5. The van der Waals surface area contributed by atoms with Crippen molar-refractivity contribution in [3.8, 4) is 0 Å². The summed E-state index contributed by atoms with van der Waals surface area (Å²) in [7, 11) is 0. The van der Waals surface area contributed by atoms with Crippen molar-refractivity contribution in [2.24, 2.45) is 11.8 Å². The van der Waals surface area contributed by atoms with Gasteiger partial charge in [-0.2, -0.15) is 0 Å². The summed E-state index contributed by atoms with van der Waals surface area (Å²) in [6.07, 6.45) is 7.74. The molecule has 1 aromatic heterocycles. The van der Waals surface area contributed by atoms with Crippen LogP contribution in [0.2, 0.25) is 0 Å². The number of amides is 3. The van der Waals surface area contributed by atoms with Crippen LogP contribution >= 0.6 is 0 Å². The lowest BCUT2D eigenvalue weighted by molar-refractivity contribution is -0.152. The number of carbonyl (C=O) groups excluding carboxylic acids is 3. The molecule has 1 spiro atoms. The highest BCUT2D eigenvalue weighted by Gasteiger charge is 2.74. The summed E-state index contributed by atoms with van der Waals surface area (Å²) in [6, 6.07) is 15.9. The standard InChI is InChI=1S/C31H32N6O5/c1-30-14-7-17-35(21-10-3-2-4-11-21)27(39)24(30)25-28(40)36(18-9-19-38)26-29(41)34(16-8-15-31(25,26)42-30)20-37-23-13-6-5-12-22(23)32-33-37/h2-8,10-15,24-26,38H,9,16-20H2,1H3/t24-,25-,26?,30+,31-/m0/s1. The van der Waals surface area contributed by atoms with E-state index in [1.807, 2.05) is 85.8 Å². The molecule has 42 heavy (non-hydrogen) atoms. The average Bonchev–Trinajstić information content (AvgIpc) is 3.52. The SMILES string of the molecule is C[C@@]12C=CCN(c3ccccc3)C(=O)[C@@H]1[C@H]1C(=O)N(CCCO)C3C(=O)N(Cn4nnc5ccccc54)CC=C[C@@]31O2. The molecule has 2 fully saturated rings. The third-order valence-corrected chi connectivity index (χ3v) is 8.99. The second-order valence-corrected chi connectivity index (χ2v) is 11.5. The number of hydrogen-bond acceptors (Lipinski definition) is 7. The van der Waals surface area contributed by atoms with Crippen LogP contribution in [-0.4, -0.2) is 91.1 Å². The number of nitrogens with zero attached hydrogens (tertiary/aromatic N) is 6. The molecule has 7 rings (SSSR count). The van der Waals surface area contributed by atoms with E-state index < -0.39 is 29.1 Å². The molecular weight excluding hydrogens is 536 g/mol. The minimum Gasteiger partial charge on any atom is -0.396 e. The van der Waals surface area contributed by atoms with Gasteiger partial charge in [0.2, 0.25) is 11.8 Å². The van der Waals surface area contributed by atoms with Crippen LogP contribution in [0.1, 0.15) is 13.3 Å². The largest absolute Gasteiger partial charge is 0.396 e. The van der Waals surface area contributed by atoms with E-state index in [4.69, 9.17) is 4.74 Å². The number of aliphatic hydroxyl groups excluding tert-OH is 1. The molecule has 0 radical (unpaired) electrons. The predicted molar refractivity (Wildman–Crippen MR) is 153 cm³/mol. The van der Waals surface area contributed by atoms with Crippen LogP contribution in [0.15, 0.2) is 78.9 Å². The number of rotatable bonds is 6. The molecule has 4 aliphatic heterocycles. The molecule has 3 amide bonds. The maximum Gasteiger partial charge on any atom is 0.250 e. The summed E-state index contributed by atoms with van der Waals surface area (Å²) >= 11 is 0. The number of benzene rings is 2. The summed E-state index contributed by atoms with van der Waals surface area (Å²) in [5.74, 6) is -2.61. The number of hydrogen-bond donors (Lipinski definition) is 1. The van der Waals surface area contributed by atoms with E-state index in [0.717, 1.165) is 11.2 Å². The second-order valence-electron chi connectivity index (χ2n) is 11.5. The van der Waals surface area contributed by atoms with Crippen LogP contribution < -0.4 is 4.90 Å². The third-order valence-electron chi connectivity index (χ3n) is 8.99. The fraction of sp³-hybridized carbons (Fsp3) is 0.387. The Bertz CT molecular complexity index is 1620. The van der Waals surface area contributed by atoms with Gasteiger partial charge >= 0.3 is 0 Å². The van der Waals surface area contributed by atoms with E-state index in [9.17, 15) is 19.5 Å². The Morgan fingerprint density at radius 3 is 2.50 bits per heavy atom. The highest BCUT2D eigenvalue weighted by atomic mass is 16.5. The lowest BCUT2D eigenvalue weighted by Gasteiger charge is -2.37. The van der Waals surface area contributed by atoms with E-state index in [0.29, 0.717) is 18.5 Å². The van der Waals surface area contributed by atoms with Crippen molar-refractivity contribution < 1.29 is 24.2 Å². The molecule has 216 valence electrons. The number of carbonyl (C=O) groups is 3. The van der Waals surface area contributed by atoms with E-state index in [2.05, 4.69) is 10.3 Å². The number of aliphatic hydroxyl groups is 1. The normalized spacial score (nSPS) is 30.5. The first-order chi connectivity index (χ1) is 20.4. The Kier molecular flexibility index (Phi) is 6.25. The fourth-order valence-corrected chi connectivity index (χ4v) is 7.20. The van der Waals surface area contributed by atoms with Crippen LogP contribution in [0.4, 0.5) is 5.69 Å². The Labute approximate surface area is 242 Å². The second kappa shape index (κ2) is 9.88. The highest BCUT2D eigenvalue weighted by molar-refractivity contribution is 6.04. The van der Waals surface area contributed by atoms with Crippen LogP contribution in [-0.2, 0) is 25.8 Å². The van der Waals surface area contributed by atoms with Gasteiger partial charge in [0, 0.05) is 31.9 Å². The maximum atomic E-state index is 14.5. The van der Waals surface area contributed by atoms with Crippen molar-refractivity contribution in [3.05, 3.63) is 78.9 Å². The van der Waals surface area contributed by atoms with Gasteiger partial charge in [-0.15, -0.1) is 5.10 Å². The van der Waals surface area contributed by atoms with Crippen LogP contribution in [0, 0.1) is 11.8 Å². The van der Waals surface area contributed by atoms with Gasteiger partial charge in [-0.05, 0) is 37.6 Å². The Morgan fingerprint density at radius 1 is 0.929 bits per heavy atom. The van der Waals surface area contributed by atoms with Crippen LogP contribution in [0.5, 0.6) is 0 Å². The lowest BCUT2D eigenvalue weighted by Crippen LogP contribution is -2.56. The molecule has 2 saturated heterocycles. The zero-order valence-electron chi connectivity index (χ0n) is 23.2. The molecule has 5 heterocycles. The van der Waals surface area contributed by atoms with E-state index in [1.54, 1.807) is 14.5 Å². The van der Waals surface area contributed by atoms with Crippen molar-refractivity contribution in [1.29, 1.82) is 0 Å². The van der Waals surface area contributed by atoms with E-state index >= 15 is 0 Å². The molecule has 0 saturated carbocycles. The van der Waals surface area contributed by atoms with Gasteiger partial charge < -0.3 is 24.5 Å². The topological polar surface area (TPSA) is 121 Å². The predicted octanol–water partition coefficient (Wildman–Crippen LogP) is 1.74. The molecule has 2 aromatic carbocycles. The summed E-state index contributed by atoms with van der Waals surface area (Å²) in [4.78, 5) is 48.0. The number of aromatic nitrogens is 3. The Balaban J connectivity index is 1.30. The number of anilines is 1. The smallest absolute Gasteiger partial charge is 0.250 e. The van der Waals surface area contributed by atoms with Gasteiger partial charge in [-0.1, -0.05) is 59.8 Å². The van der Waals surface area contributed by atoms with Gasteiger partial charge in [0.1, 0.15) is 23.8 Å². The summed E-state index contributed by atoms with van der Waals surface area (Å²) < 4.78 is 8.52. The molecule has 3 aromatic rings. The molecule has 0 aliphatic carbocycles. The van der Waals surface area contributed by atoms with Crippen LogP contribution in [0.25, 0.3) is 11.0 Å².